The molecule has 7 nitrogen and oxygen atoms in total. The van der Waals surface area contributed by atoms with Gasteiger partial charge < -0.3 is 20.1 Å². The second-order valence-corrected chi connectivity index (χ2v) is 5.41. The maximum absolute atomic E-state index is 12.0. The van der Waals surface area contributed by atoms with Gasteiger partial charge in [0.15, 0.2) is 0 Å². The smallest absolute Gasteiger partial charge is 0.348 e. The number of nitrogens with one attached hydrogen (secondary N) is 2. The van der Waals surface area contributed by atoms with Gasteiger partial charge in [0.05, 0.1) is 24.4 Å². The first kappa shape index (κ1) is 16.0. The molecule has 2 N–H and O–H groups in total. The molecule has 1 aliphatic heterocycles. The average molecular weight is 324 g/mol. The minimum absolute atomic E-state index is 0.0373. The van der Waals surface area contributed by atoms with E-state index in [1.807, 2.05) is 13.0 Å². The first-order valence-electron chi connectivity index (χ1n) is 6.68. The number of amides is 2. The number of esters is 2. The van der Waals surface area contributed by atoms with Crippen molar-refractivity contribution >= 4 is 29.3 Å². The van der Waals surface area contributed by atoms with Gasteiger partial charge >= 0.3 is 18.0 Å². The van der Waals surface area contributed by atoms with Crippen LogP contribution in [0.5, 0.6) is 0 Å². The Morgan fingerprint density at radius 2 is 2.09 bits per heavy atom. The molecule has 2 rings (SSSR count). The maximum atomic E-state index is 12.0. The fourth-order valence-electron chi connectivity index (χ4n) is 1.85. The van der Waals surface area contributed by atoms with Crippen LogP contribution in [-0.4, -0.2) is 37.7 Å². The Labute approximate surface area is 131 Å². The van der Waals surface area contributed by atoms with E-state index in [4.69, 9.17) is 9.47 Å². The molecule has 0 saturated carbocycles. The number of hydrogen-bond donors (Lipinski definition) is 2. The molecule has 0 spiro atoms. The lowest BCUT2D eigenvalue weighted by atomic mass is 10.1. The molecule has 0 bridgehead atoms. The molecule has 1 aromatic heterocycles. The molecule has 22 heavy (non-hydrogen) atoms. The van der Waals surface area contributed by atoms with E-state index in [1.165, 1.54) is 11.3 Å². The number of hydrogen-bond acceptors (Lipinski definition) is 6. The van der Waals surface area contributed by atoms with Crippen molar-refractivity contribution in [2.75, 3.05) is 19.8 Å². The van der Waals surface area contributed by atoms with Gasteiger partial charge in [0.2, 0.25) is 0 Å². The van der Waals surface area contributed by atoms with E-state index in [-0.39, 0.29) is 31.0 Å². The van der Waals surface area contributed by atoms with Gasteiger partial charge in [0.25, 0.3) is 0 Å². The van der Waals surface area contributed by atoms with Gasteiger partial charge in [0, 0.05) is 0 Å². The molecule has 0 fully saturated rings. The van der Waals surface area contributed by atoms with E-state index >= 15 is 0 Å². The van der Waals surface area contributed by atoms with E-state index < -0.39 is 18.0 Å². The third-order valence-corrected chi connectivity index (χ3v) is 3.97. The molecule has 0 radical (unpaired) electrons. The molecule has 8 heteroatoms. The molecular formula is C14H16N2O5S. The van der Waals surface area contributed by atoms with Crippen LogP contribution in [0.1, 0.15) is 22.2 Å². The number of carbonyl (C=O) groups excluding carboxylic acids is 3. The monoisotopic (exact) mass is 324 g/mol. The second-order valence-electron chi connectivity index (χ2n) is 4.49. The first-order valence-corrected chi connectivity index (χ1v) is 7.56. The van der Waals surface area contributed by atoms with Gasteiger partial charge in [-0.05, 0) is 30.9 Å². The first-order chi connectivity index (χ1) is 10.5. The molecule has 0 saturated heterocycles. The summed E-state index contributed by atoms with van der Waals surface area (Å²) in [6.45, 7) is 3.56. The molecule has 1 aromatic rings. The minimum Gasteiger partial charge on any atom is -0.463 e. The van der Waals surface area contributed by atoms with Gasteiger partial charge in [-0.1, -0.05) is 0 Å². The highest BCUT2D eigenvalue weighted by atomic mass is 32.1. The zero-order valence-corrected chi connectivity index (χ0v) is 13.0. The second kappa shape index (κ2) is 7.08. The van der Waals surface area contributed by atoms with Crippen LogP contribution in [0.2, 0.25) is 0 Å². The van der Waals surface area contributed by atoms with Crippen LogP contribution in [-0.2, 0) is 14.3 Å². The Hall–Kier alpha value is -2.35. The van der Waals surface area contributed by atoms with Crippen molar-refractivity contribution in [3.8, 4) is 0 Å². The van der Waals surface area contributed by atoms with Crippen molar-refractivity contribution in [1.82, 2.24) is 10.6 Å². The number of rotatable bonds is 5. The summed E-state index contributed by atoms with van der Waals surface area (Å²) < 4.78 is 10.1. The standard InChI is InChI=1S/C14H16N2O5S/c1-3-20-12(17)9-6-15-14(19)16-10(9)7-21-13(18)11-8(2)4-5-22-11/h4-5H,3,6-7H2,1-2H3,(H2,15,16,19). The predicted molar refractivity (Wildman–Crippen MR) is 79.5 cm³/mol. The molecule has 2 amide bonds. The maximum Gasteiger partial charge on any atom is 0.348 e. The fourth-order valence-corrected chi connectivity index (χ4v) is 2.67. The molecule has 0 atom stereocenters. The van der Waals surface area contributed by atoms with E-state index in [0.717, 1.165) is 5.56 Å². The Bertz CT molecular complexity index is 635. The van der Waals surface area contributed by atoms with Gasteiger partial charge in [-0.2, -0.15) is 0 Å². The summed E-state index contributed by atoms with van der Waals surface area (Å²) in [4.78, 5) is 35.7. The van der Waals surface area contributed by atoms with Crippen molar-refractivity contribution in [2.45, 2.75) is 13.8 Å². The van der Waals surface area contributed by atoms with Crippen LogP contribution < -0.4 is 10.6 Å². The van der Waals surface area contributed by atoms with Crippen LogP contribution in [0.15, 0.2) is 22.7 Å². The van der Waals surface area contributed by atoms with Crippen molar-refractivity contribution in [3.05, 3.63) is 33.2 Å². The Morgan fingerprint density at radius 3 is 2.73 bits per heavy atom. The van der Waals surface area contributed by atoms with Crippen molar-refractivity contribution in [1.29, 1.82) is 0 Å². The quantitative estimate of drug-likeness (QED) is 0.797. The molecule has 0 aliphatic carbocycles. The Morgan fingerprint density at radius 1 is 1.32 bits per heavy atom. The molecule has 118 valence electrons. The molecular weight excluding hydrogens is 308 g/mol. The number of ether oxygens (including phenoxy) is 2. The van der Waals surface area contributed by atoms with Crippen molar-refractivity contribution < 1.29 is 23.9 Å². The summed E-state index contributed by atoms with van der Waals surface area (Å²) >= 11 is 1.28. The highest BCUT2D eigenvalue weighted by molar-refractivity contribution is 7.12. The van der Waals surface area contributed by atoms with E-state index in [1.54, 1.807) is 12.3 Å². The minimum atomic E-state index is -0.548. The summed E-state index contributed by atoms with van der Waals surface area (Å²) in [5.74, 6) is -1.04. The van der Waals surface area contributed by atoms with Crippen molar-refractivity contribution in [2.24, 2.45) is 0 Å². The number of carbonyl (C=O) groups is 3. The average Bonchev–Trinajstić information content (AvgIpc) is 2.91. The summed E-state index contributed by atoms with van der Waals surface area (Å²) in [6, 6.07) is 1.36. The van der Waals surface area contributed by atoms with E-state index in [0.29, 0.717) is 4.88 Å². The van der Waals surface area contributed by atoms with Crippen LogP contribution in [0.3, 0.4) is 0 Å². The lowest BCUT2D eigenvalue weighted by molar-refractivity contribution is -0.138. The van der Waals surface area contributed by atoms with Crippen LogP contribution >= 0.6 is 11.3 Å². The highest BCUT2D eigenvalue weighted by Crippen LogP contribution is 2.17. The van der Waals surface area contributed by atoms with Crippen LogP contribution in [0.25, 0.3) is 0 Å². The van der Waals surface area contributed by atoms with Gasteiger partial charge in [-0.25, -0.2) is 14.4 Å². The van der Waals surface area contributed by atoms with Gasteiger partial charge in [-0.15, -0.1) is 11.3 Å². The summed E-state index contributed by atoms with van der Waals surface area (Å²) in [6.07, 6.45) is 0. The van der Waals surface area contributed by atoms with Crippen LogP contribution in [0.4, 0.5) is 4.79 Å². The third kappa shape index (κ3) is 3.64. The van der Waals surface area contributed by atoms with E-state index in [2.05, 4.69) is 10.6 Å². The summed E-state index contributed by atoms with van der Waals surface area (Å²) in [7, 11) is 0. The lowest BCUT2D eigenvalue weighted by Crippen LogP contribution is -2.45. The number of aryl methyl sites for hydroxylation is 1. The SMILES string of the molecule is CCOC(=O)C1=C(COC(=O)c2sccc2C)NC(=O)NC1. The third-order valence-electron chi connectivity index (χ3n) is 2.97. The van der Waals surface area contributed by atoms with Crippen molar-refractivity contribution in [3.63, 3.8) is 0 Å². The predicted octanol–water partition coefficient (Wildman–Crippen LogP) is 1.34. The Balaban J connectivity index is 2.09. The zero-order chi connectivity index (χ0) is 16.1. The normalized spacial score (nSPS) is 14.2. The number of urea groups is 1. The van der Waals surface area contributed by atoms with E-state index in [9.17, 15) is 14.4 Å². The largest absolute Gasteiger partial charge is 0.463 e. The molecule has 0 unspecified atom stereocenters. The van der Waals surface area contributed by atoms with Gasteiger partial charge in [0.1, 0.15) is 11.5 Å². The lowest BCUT2D eigenvalue weighted by Gasteiger charge is -2.21. The molecule has 0 aromatic carbocycles. The summed E-state index contributed by atoms with van der Waals surface area (Å²) in [5, 5.41) is 6.75. The topological polar surface area (TPSA) is 93.7 Å². The summed E-state index contributed by atoms with van der Waals surface area (Å²) in [5.41, 5.74) is 1.31. The molecule has 2 heterocycles. The van der Waals surface area contributed by atoms with Gasteiger partial charge in [-0.3, -0.25) is 0 Å². The fraction of sp³-hybridized carbons (Fsp3) is 0.357. The zero-order valence-electron chi connectivity index (χ0n) is 12.2. The highest BCUT2D eigenvalue weighted by Gasteiger charge is 2.25. The number of thiophene rings is 1. The molecule has 1 aliphatic rings. The van der Waals surface area contributed by atoms with Crippen LogP contribution in [0, 0.1) is 6.92 Å². The Kier molecular flexibility index (Phi) is 5.16.